The van der Waals surface area contributed by atoms with Crippen LogP contribution in [0.25, 0.3) is 0 Å². The number of hydrogen-bond donors (Lipinski definition) is 6. The number of nitrogens with one attached hydrogen (secondary N) is 3. The van der Waals surface area contributed by atoms with Gasteiger partial charge in [0.1, 0.15) is 23.1 Å². The van der Waals surface area contributed by atoms with Crippen LogP contribution < -0.4 is 32.0 Å². The zero-order valence-corrected chi connectivity index (χ0v) is 18.6. The summed E-state index contributed by atoms with van der Waals surface area (Å²) >= 11 is 0. The number of carbonyl (C=O) groups excluding carboxylic acids is 1. The molecule has 1 fully saturated rings. The van der Waals surface area contributed by atoms with E-state index in [0.29, 0.717) is 47.8 Å². The van der Waals surface area contributed by atoms with Crippen molar-refractivity contribution in [1.82, 2.24) is 5.32 Å². The Labute approximate surface area is 193 Å². The van der Waals surface area contributed by atoms with Gasteiger partial charge in [-0.3, -0.25) is 15.6 Å². The Kier molecular flexibility index (Phi) is 8.26. The normalized spacial score (nSPS) is 17.7. The third-order valence-electron chi connectivity index (χ3n) is 5.51. The first kappa shape index (κ1) is 24.1. The molecule has 0 aliphatic heterocycles. The summed E-state index contributed by atoms with van der Waals surface area (Å²) in [5, 5.41) is 17.9. The van der Waals surface area contributed by atoms with Gasteiger partial charge < -0.3 is 32.0 Å². The van der Waals surface area contributed by atoms with Gasteiger partial charge in [-0.2, -0.15) is 0 Å². The van der Waals surface area contributed by atoms with Crippen molar-refractivity contribution in [1.29, 1.82) is 10.8 Å². The zero-order chi connectivity index (χ0) is 23.8. The van der Waals surface area contributed by atoms with Crippen molar-refractivity contribution in [3.8, 4) is 17.2 Å². The van der Waals surface area contributed by atoms with Gasteiger partial charge in [-0.1, -0.05) is 0 Å². The summed E-state index contributed by atoms with van der Waals surface area (Å²) < 4.78 is 11.8. The molecule has 3 rings (SSSR count). The second-order valence-electron chi connectivity index (χ2n) is 8.30. The third kappa shape index (κ3) is 7.50. The van der Waals surface area contributed by atoms with Crippen LogP contribution in [0.3, 0.4) is 0 Å². The van der Waals surface area contributed by atoms with Crippen LogP contribution >= 0.6 is 0 Å². The molecule has 0 bridgehead atoms. The third-order valence-corrected chi connectivity index (χ3v) is 5.51. The van der Waals surface area contributed by atoms with Gasteiger partial charge in [0, 0.05) is 35.7 Å². The monoisotopic (exact) mass is 452 g/mol. The Balaban J connectivity index is 1.75. The Hall–Kier alpha value is -3.59. The summed E-state index contributed by atoms with van der Waals surface area (Å²) in [6.45, 7) is 0.359. The minimum atomic E-state index is -0.193. The molecule has 9 heteroatoms. The molecule has 1 amide bonds. The molecule has 0 heterocycles. The average molecular weight is 453 g/mol. The Morgan fingerprint density at radius 3 is 2.24 bits per heavy atom. The number of benzene rings is 2. The van der Waals surface area contributed by atoms with E-state index in [0.717, 1.165) is 25.7 Å². The SMILES string of the molecule is N=C(N)CCCOc1cc(Oc2ccc(C(=N)N)cc2)cc(C(=O)NC2CCC(N)CC2)c1. The standard InChI is InChI=1S/C24H32N6O3/c25-17-5-7-18(8-6-17)30-24(31)16-12-20(32-11-1-2-22(26)27)14-21(13-16)33-19-9-3-15(4-10-19)23(28)29/h3-4,9-10,12-14,17-18H,1-2,5-8,11,25H2,(H3,26,27)(H3,28,29)(H,30,31). The number of nitrogen functional groups attached to an aromatic ring is 1. The molecule has 33 heavy (non-hydrogen) atoms. The minimum absolute atomic E-state index is 0.0230. The van der Waals surface area contributed by atoms with Gasteiger partial charge >= 0.3 is 0 Å². The second kappa shape index (κ2) is 11.3. The van der Waals surface area contributed by atoms with E-state index in [1.54, 1.807) is 42.5 Å². The van der Waals surface area contributed by atoms with Gasteiger partial charge in [0.25, 0.3) is 5.91 Å². The molecule has 9 N–H and O–H groups in total. The molecule has 9 nitrogen and oxygen atoms in total. The molecule has 0 radical (unpaired) electrons. The van der Waals surface area contributed by atoms with Gasteiger partial charge in [0.2, 0.25) is 0 Å². The maximum Gasteiger partial charge on any atom is 0.251 e. The van der Waals surface area contributed by atoms with E-state index >= 15 is 0 Å². The highest BCUT2D eigenvalue weighted by atomic mass is 16.5. The van der Waals surface area contributed by atoms with Crippen molar-refractivity contribution < 1.29 is 14.3 Å². The number of ether oxygens (including phenoxy) is 2. The number of amidine groups is 2. The first-order valence-electron chi connectivity index (χ1n) is 11.1. The number of rotatable bonds is 10. The van der Waals surface area contributed by atoms with Crippen molar-refractivity contribution in [3.63, 3.8) is 0 Å². The van der Waals surface area contributed by atoms with Crippen LogP contribution in [-0.2, 0) is 0 Å². The van der Waals surface area contributed by atoms with Crippen LogP contribution in [0.15, 0.2) is 42.5 Å². The lowest BCUT2D eigenvalue weighted by Gasteiger charge is -2.26. The summed E-state index contributed by atoms with van der Waals surface area (Å²) in [5.74, 6) is 1.38. The van der Waals surface area contributed by atoms with Crippen molar-refractivity contribution in [3.05, 3.63) is 53.6 Å². The van der Waals surface area contributed by atoms with Crippen LogP contribution in [0.5, 0.6) is 17.2 Å². The predicted molar refractivity (Wildman–Crippen MR) is 128 cm³/mol. The van der Waals surface area contributed by atoms with Gasteiger partial charge in [0.05, 0.1) is 12.4 Å². The topological polar surface area (TPSA) is 173 Å². The molecule has 0 aromatic heterocycles. The number of amides is 1. The van der Waals surface area contributed by atoms with Gasteiger partial charge in [-0.05, 0) is 68.5 Å². The molecule has 0 saturated heterocycles. The number of nitrogens with two attached hydrogens (primary N) is 3. The van der Waals surface area contributed by atoms with Crippen LogP contribution in [0.1, 0.15) is 54.4 Å². The first-order chi connectivity index (χ1) is 15.8. The van der Waals surface area contributed by atoms with Crippen LogP contribution in [0.4, 0.5) is 0 Å². The molecule has 0 unspecified atom stereocenters. The van der Waals surface area contributed by atoms with Crippen molar-refractivity contribution in [2.45, 2.75) is 50.6 Å². The average Bonchev–Trinajstić information content (AvgIpc) is 2.78. The van der Waals surface area contributed by atoms with Gasteiger partial charge in [-0.15, -0.1) is 0 Å². The fourth-order valence-corrected chi connectivity index (χ4v) is 3.67. The smallest absolute Gasteiger partial charge is 0.251 e. The summed E-state index contributed by atoms with van der Waals surface area (Å²) in [6.07, 6.45) is 4.55. The van der Waals surface area contributed by atoms with E-state index in [2.05, 4.69) is 5.32 Å². The van der Waals surface area contributed by atoms with Gasteiger partial charge in [-0.25, -0.2) is 0 Å². The minimum Gasteiger partial charge on any atom is -0.493 e. The van der Waals surface area contributed by atoms with Crippen LogP contribution in [0.2, 0.25) is 0 Å². The molecule has 1 aliphatic rings. The van der Waals surface area contributed by atoms with Gasteiger partial charge in [0.15, 0.2) is 0 Å². The van der Waals surface area contributed by atoms with Crippen molar-refractivity contribution in [2.24, 2.45) is 17.2 Å². The summed E-state index contributed by atoms with van der Waals surface area (Å²) in [4.78, 5) is 13.0. The van der Waals surface area contributed by atoms with E-state index in [1.807, 2.05) is 0 Å². The number of carbonyl (C=O) groups is 1. The highest BCUT2D eigenvalue weighted by Gasteiger charge is 2.21. The van der Waals surface area contributed by atoms with E-state index < -0.39 is 0 Å². The van der Waals surface area contributed by atoms with Crippen LogP contribution in [0, 0.1) is 10.8 Å². The zero-order valence-electron chi connectivity index (χ0n) is 18.6. The Morgan fingerprint density at radius 1 is 0.939 bits per heavy atom. The lowest BCUT2D eigenvalue weighted by molar-refractivity contribution is 0.0925. The quantitative estimate of drug-likeness (QED) is 0.184. The molecule has 0 spiro atoms. The second-order valence-corrected chi connectivity index (χ2v) is 8.30. The fraction of sp³-hybridized carbons (Fsp3) is 0.375. The summed E-state index contributed by atoms with van der Waals surface area (Å²) in [7, 11) is 0. The summed E-state index contributed by atoms with van der Waals surface area (Å²) in [5.41, 5.74) is 17.9. The van der Waals surface area contributed by atoms with E-state index in [-0.39, 0.29) is 29.7 Å². The molecule has 2 aromatic carbocycles. The molecule has 176 valence electrons. The molecule has 0 atom stereocenters. The van der Waals surface area contributed by atoms with E-state index in [1.165, 1.54) is 0 Å². The molecular formula is C24H32N6O3. The maximum atomic E-state index is 13.0. The van der Waals surface area contributed by atoms with E-state index in [4.69, 9.17) is 37.5 Å². The van der Waals surface area contributed by atoms with E-state index in [9.17, 15) is 4.79 Å². The predicted octanol–water partition coefficient (Wildman–Crippen LogP) is 2.86. The molecular weight excluding hydrogens is 420 g/mol. The Morgan fingerprint density at radius 2 is 1.61 bits per heavy atom. The molecule has 1 saturated carbocycles. The first-order valence-corrected chi connectivity index (χ1v) is 11.1. The van der Waals surface area contributed by atoms with Crippen molar-refractivity contribution >= 4 is 17.6 Å². The highest BCUT2D eigenvalue weighted by Crippen LogP contribution is 2.28. The fourth-order valence-electron chi connectivity index (χ4n) is 3.67. The lowest BCUT2D eigenvalue weighted by Crippen LogP contribution is -2.40. The largest absolute Gasteiger partial charge is 0.493 e. The molecule has 2 aromatic rings. The highest BCUT2D eigenvalue weighted by molar-refractivity contribution is 5.95. The Bertz CT molecular complexity index is 984. The lowest BCUT2D eigenvalue weighted by atomic mass is 9.91. The summed E-state index contributed by atoms with van der Waals surface area (Å²) in [6, 6.07) is 12.2. The molecule has 1 aliphatic carbocycles. The van der Waals surface area contributed by atoms with Crippen LogP contribution in [-0.4, -0.2) is 36.3 Å². The maximum absolute atomic E-state index is 13.0. The number of hydrogen-bond acceptors (Lipinski definition) is 6. The van der Waals surface area contributed by atoms with Crippen molar-refractivity contribution in [2.75, 3.05) is 6.61 Å².